The molecule has 102 valence electrons. The van der Waals surface area contributed by atoms with Gasteiger partial charge in [0, 0.05) is 11.8 Å². The minimum absolute atomic E-state index is 0.256. The van der Waals surface area contributed by atoms with Gasteiger partial charge in [-0.25, -0.2) is 4.79 Å². The van der Waals surface area contributed by atoms with Gasteiger partial charge in [0.05, 0.1) is 4.92 Å². The summed E-state index contributed by atoms with van der Waals surface area (Å²) in [6.45, 7) is 3.02. The number of anilines is 1. The van der Waals surface area contributed by atoms with Gasteiger partial charge in [0.1, 0.15) is 11.1 Å². The van der Waals surface area contributed by atoms with Crippen LogP contribution >= 0.6 is 0 Å². The summed E-state index contributed by atoms with van der Waals surface area (Å²) >= 11 is 0. The smallest absolute Gasteiger partial charge is 0.342 e. The Morgan fingerprint density at radius 3 is 2.42 bits per heavy atom. The number of nitrogens with two attached hydrogens (primary N) is 1. The van der Waals surface area contributed by atoms with E-state index in [9.17, 15) is 19.7 Å². The summed E-state index contributed by atoms with van der Waals surface area (Å²) in [5.41, 5.74) is 3.34. The lowest BCUT2D eigenvalue weighted by atomic mass is 10.0. The predicted octanol–water partition coefficient (Wildman–Crippen LogP) is 0.969. The maximum atomic E-state index is 11.2. The number of hydrogen-bond acceptors (Lipinski definition) is 5. The van der Waals surface area contributed by atoms with Crippen LogP contribution in [0.2, 0.25) is 0 Å². The Hall–Kier alpha value is -2.64. The number of nitrogens with zero attached hydrogens (tertiary/aromatic N) is 1. The molecule has 1 amide bonds. The van der Waals surface area contributed by atoms with Gasteiger partial charge in [0.2, 0.25) is 5.91 Å². The lowest BCUT2D eigenvalue weighted by Crippen LogP contribution is -2.45. The van der Waals surface area contributed by atoms with E-state index in [1.54, 1.807) is 0 Å². The van der Waals surface area contributed by atoms with Crippen LogP contribution in [-0.2, 0) is 4.79 Å². The average molecular weight is 267 g/mol. The number of carboxylic acid groups (broad SMARTS) is 1. The van der Waals surface area contributed by atoms with E-state index in [4.69, 9.17) is 10.8 Å². The number of carboxylic acids is 1. The average Bonchev–Trinajstić information content (AvgIpc) is 2.27. The SMILES string of the molecule is CC(C)(Nc1ccc([N+](=O)[O-])c(C(=O)O)c1)C(N)=O. The van der Waals surface area contributed by atoms with Gasteiger partial charge in [-0.2, -0.15) is 0 Å². The number of aromatic carboxylic acids is 1. The van der Waals surface area contributed by atoms with Crippen molar-refractivity contribution in [3.05, 3.63) is 33.9 Å². The summed E-state index contributed by atoms with van der Waals surface area (Å²) in [6, 6.07) is 3.46. The number of carbonyl (C=O) groups excluding carboxylic acids is 1. The van der Waals surface area contributed by atoms with Crippen LogP contribution in [-0.4, -0.2) is 27.4 Å². The molecule has 1 aromatic carbocycles. The molecule has 4 N–H and O–H groups in total. The topological polar surface area (TPSA) is 136 Å². The largest absolute Gasteiger partial charge is 0.477 e. The molecule has 1 aromatic rings. The van der Waals surface area contributed by atoms with Crippen molar-refractivity contribution in [3.63, 3.8) is 0 Å². The molecule has 0 fully saturated rings. The summed E-state index contributed by atoms with van der Waals surface area (Å²) in [4.78, 5) is 32.0. The maximum absolute atomic E-state index is 11.2. The van der Waals surface area contributed by atoms with E-state index >= 15 is 0 Å². The van der Waals surface area contributed by atoms with E-state index in [0.717, 1.165) is 12.1 Å². The van der Waals surface area contributed by atoms with Gasteiger partial charge in [-0.05, 0) is 26.0 Å². The molecule has 0 aliphatic rings. The van der Waals surface area contributed by atoms with Gasteiger partial charge in [-0.15, -0.1) is 0 Å². The molecule has 0 aromatic heterocycles. The van der Waals surface area contributed by atoms with Crippen molar-refractivity contribution in [1.82, 2.24) is 0 Å². The summed E-state index contributed by atoms with van der Waals surface area (Å²) in [5, 5.41) is 22.3. The van der Waals surface area contributed by atoms with E-state index in [-0.39, 0.29) is 5.69 Å². The van der Waals surface area contributed by atoms with Crippen LogP contribution in [0.5, 0.6) is 0 Å². The Morgan fingerprint density at radius 2 is 2.00 bits per heavy atom. The zero-order valence-corrected chi connectivity index (χ0v) is 10.3. The van der Waals surface area contributed by atoms with Crippen molar-refractivity contribution in [1.29, 1.82) is 0 Å². The number of nitro benzene ring substituents is 1. The maximum Gasteiger partial charge on any atom is 0.342 e. The van der Waals surface area contributed by atoms with Crippen molar-refractivity contribution in [3.8, 4) is 0 Å². The van der Waals surface area contributed by atoms with Crippen molar-refractivity contribution in [2.24, 2.45) is 5.73 Å². The molecule has 0 unspecified atom stereocenters. The van der Waals surface area contributed by atoms with E-state index in [1.165, 1.54) is 19.9 Å². The third-order valence-electron chi connectivity index (χ3n) is 2.50. The Morgan fingerprint density at radius 1 is 1.42 bits per heavy atom. The highest BCUT2D eigenvalue weighted by atomic mass is 16.6. The molecule has 0 atom stereocenters. The first-order valence-corrected chi connectivity index (χ1v) is 5.25. The molecule has 8 heteroatoms. The fourth-order valence-electron chi connectivity index (χ4n) is 1.37. The van der Waals surface area contributed by atoms with Gasteiger partial charge < -0.3 is 16.2 Å². The minimum atomic E-state index is -1.42. The molecular weight excluding hydrogens is 254 g/mol. The Balaban J connectivity index is 3.20. The fourth-order valence-corrected chi connectivity index (χ4v) is 1.37. The molecule has 0 bridgehead atoms. The molecule has 0 heterocycles. The first-order valence-electron chi connectivity index (χ1n) is 5.25. The van der Waals surface area contributed by atoms with Crippen LogP contribution in [0.25, 0.3) is 0 Å². The molecular formula is C11H13N3O5. The lowest BCUT2D eigenvalue weighted by Gasteiger charge is -2.23. The van der Waals surface area contributed by atoms with Gasteiger partial charge in [0.25, 0.3) is 5.69 Å². The van der Waals surface area contributed by atoms with E-state index in [0.29, 0.717) is 0 Å². The second kappa shape index (κ2) is 4.92. The fraction of sp³-hybridized carbons (Fsp3) is 0.273. The molecule has 1 rings (SSSR count). The Bertz CT molecular complexity index is 553. The number of rotatable bonds is 5. The van der Waals surface area contributed by atoms with Gasteiger partial charge in [-0.1, -0.05) is 0 Å². The van der Waals surface area contributed by atoms with Gasteiger partial charge in [0.15, 0.2) is 0 Å². The molecule has 0 saturated heterocycles. The van der Waals surface area contributed by atoms with E-state index < -0.39 is 33.6 Å². The molecule has 0 aliphatic heterocycles. The van der Waals surface area contributed by atoms with Crippen LogP contribution in [0.4, 0.5) is 11.4 Å². The van der Waals surface area contributed by atoms with E-state index in [2.05, 4.69) is 5.32 Å². The highest BCUT2D eigenvalue weighted by Crippen LogP contribution is 2.24. The number of nitrogens with one attached hydrogen (secondary N) is 1. The number of carbonyl (C=O) groups is 2. The number of nitro groups is 1. The molecule has 19 heavy (non-hydrogen) atoms. The van der Waals surface area contributed by atoms with Crippen molar-refractivity contribution in [2.75, 3.05) is 5.32 Å². The number of benzene rings is 1. The summed E-state index contributed by atoms with van der Waals surface area (Å²) in [6.07, 6.45) is 0. The quantitative estimate of drug-likeness (QED) is 0.537. The van der Waals surface area contributed by atoms with Crippen LogP contribution in [0.15, 0.2) is 18.2 Å². The Labute approximate surface area is 108 Å². The third-order valence-corrected chi connectivity index (χ3v) is 2.50. The third kappa shape index (κ3) is 3.18. The lowest BCUT2D eigenvalue weighted by molar-refractivity contribution is -0.385. The predicted molar refractivity (Wildman–Crippen MR) is 67.0 cm³/mol. The molecule has 0 radical (unpaired) electrons. The van der Waals surface area contributed by atoms with Crippen molar-refractivity contribution >= 4 is 23.3 Å². The van der Waals surface area contributed by atoms with Gasteiger partial charge in [-0.3, -0.25) is 14.9 Å². The first kappa shape index (κ1) is 14.4. The number of hydrogen-bond donors (Lipinski definition) is 3. The van der Waals surface area contributed by atoms with Crippen molar-refractivity contribution < 1.29 is 19.6 Å². The molecule has 0 aliphatic carbocycles. The highest BCUT2D eigenvalue weighted by molar-refractivity contribution is 5.94. The summed E-state index contributed by atoms with van der Waals surface area (Å²) in [7, 11) is 0. The first-order chi connectivity index (χ1) is 8.65. The number of amides is 1. The van der Waals surface area contributed by atoms with E-state index in [1.807, 2.05) is 0 Å². The minimum Gasteiger partial charge on any atom is -0.477 e. The summed E-state index contributed by atoms with van der Waals surface area (Å²) < 4.78 is 0. The second-order valence-corrected chi connectivity index (χ2v) is 4.41. The van der Waals surface area contributed by atoms with Crippen LogP contribution in [0.3, 0.4) is 0 Å². The van der Waals surface area contributed by atoms with Crippen molar-refractivity contribution in [2.45, 2.75) is 19.4 Å². The van der Waals surface area contributed by atoms with Crippen LogP contribution in [0, 0.1) is 10.1 Å². The molecule has 0 saturated carbocycles. The summed E-state index contributed by atoms with van der Waals surface area (Å²) in [5.74, 6) is -2.06. The normalized spacial score (nSPS) is 10.8. The second-order valence-electron chi connectivity index (χ2n) is 4.41. The zero-order valence-electron chi connectivity index (χ0n) is 10.3. The van der Waals surface area contributed by atoms with Crippen LogP contribution in [0.1, 0.15) is 24.2 Å². The Kier molecular flexibility index (Phi) is 3.74. The number of primary amides is 1. The zero-order chi connectivity index (χ0) is 14.8. The monoisotopic (exact) mass is 267 g/mol. The highest BCUT2D eigenvalue weighted by Gasteiger charge is 2.26. The molecule has 8 nitrogen and oxygen atoms in total. The van der Waals surface area contributed by atoms with Gasteiger partial charge >= 0.3 is 5.97 Å². The molecule has 0 spiro atoms. The standard InChI is InChI=1S/C11H13N3O5/c1-11(2,10(12)17)13-6-3-4-8(14(18)19)7(5-6)9(15)16/h3-5,13H,1-2H3,(H2,12,17)(H,15,16). The van der Waals surface area contributed by atoms with Crippen LogP contribution < -0.4 is 11.1 Å².